The van der Waals surface area contributed by atoms with E-state index in [1.807, 2.05) is 0 Å². The molecule has 6 rings (SSSR count). The number of anilines is 1. The molecule has 0 bridgehead atoms. The number of ether oxygens (including phenoxy) is 1. The summed E-state index contributed by atoms with van der Waals surface area (Å²) in [6.45, 7) is 0. The number of aryl methyl sites for hydroxylation is 1. The summed E-state index contributed by atoms with van der Waals surface area (Å²) in [6, 6.07) is 17.4. The van der Waals surface area contributed by atoms with Crippen molar-refractivity contribution in [2.75, 3.05) is 5.32 Å². The van der Waals surface area contributed by atoms with Gasteiger partial charge in [-0.2, -0.15) is 14.9 Å². The van der Waals surface area contributed by atoms with E-state index in [4.69, 9.17) is 4.74 Å². The van der Waals surface area contributed by atoms with Crippen molar-refractivity contribution in [3.63, 3.8) is 0 Å². The largest absolute Gasteiger partial charge is 0.453 e. The van der Waals surface area contributed by atoms with Crippen LogP contribution in [-0.4, -0.2) is 30.5 Å². The Balaban J connectivity index is 1.27. The lowest BCUT2D eigenvalue weighted by Crippen LogP contribution is -2.29. The summed E-state index contributed by atoms with van der Waals surface area (Å²) in [4.78, 5) is 30.1. The van der Waals surface area contributed by atoms with Crippen LogP contribution in [0.1, 0.15) is 10.4 Å². The molecule has 3 aromatic carbocycles. The van der Waals surface area contributed by atoms with E-state index in [0.29, 0.717) is 22.3 Å². The van der Waals surface area contributed by atoms with Crippen LogP contribution < -0.4 is 15.6 Å². The molecule has 42 heavy (non-hydrogen) atoms. The molecule has 0 aliphatic heterocycles. The van der Waals surface area contributed by atoms with E-state index in [0.717, 1.165) is 22.9 Å². The number of carbonyl (C=O) groups excluding carboxylic acids is 1. The fourth-order valence-electron chi connectivity index (χ4n) is 4.37. The van der Waals surface area contributed by atoms with Crippen molar-refractivity contribution in [3.05, 3.63) is 125 Å². The second-order valence-electron chi connectivity index (χ2n) is 9.13. The van der Waals surface area contributed by atoms with Crippen LogP contribution in [0.5, 0.6) is 11.5 Å². The summed E-state index contributed by atoms with van der Waals surface area (Å²) in [5.41, 5.74) is 0.917. The van der Waals surface area contributed by atoms with Gasteiger partial charge < -0.3 is 10.1 Å². The van der Waals surface area contributed by atoms with Crippen molar-refractivity contribution in [3.8, 4) is 28.4 Å². The molecule has 1 N–H and O–H groups in total. The molecule has 0 saturated carbocycles. The Hall–Kier alpha value is -5.78. The molecule has 0 fully saturated rings. The molecule has 9 nitrogen and oxygen atoms in total. The molecule has 6 aromatic rings. The average Bonchev–Trinajstić information content (AvgIpc) is 3.32. The summed E-state index contributed by atoms with van der Waals surface area (Å²) >= 11 is 0. The van der Waals surface area contributed by atoms with Crippen LogP contribution in [0.3, 0.4) is 0 Å². The van der Waals surface area contributed by atoms with E-state index in [-0.39, 0.29) is 28.4 Å². The van der Waals surface area contributed by atoms with Crippen molar-refractivity contribution in [2.45, 2.75) is 0 Å². The van der Waals surface area contributed by atoms with Gasteiger partial charge in [-0.1, -0.05) is 0 Å². The van der Waals surface area contributed by atoms with Gasteiger partial charge in [-0.15, -0.1) is 0 Å². The van der Waals surface area contributed by atoms with Crippen LogP contribution in [0.4, 0.5) is 18.9 Å². The van der Waals surface area contributed by atoms with Gasteiger partial charge in [0, 0.05) is 36.8 Å². The second-order valence-corrected chi connectivity index (χ2v) is 9.13. The molecule has 3 aromatic heterocycles. The van der Waals surface area contributed by atoms with Crippen LogP contribution in [0.2, 0.25) is 0 Å². The molecule has 0 aliphatic carbocycles. The highest BCUT2D eigenvalue weighted by Gasteiger charge is 2.19. The van der Waals surface area contributed by atoms with Gasteiger partial charge in [-0.05, 0) is 72.8 Å². The summed E-state index contributed by atoms with van der Waals surface area (Å²) in [6.07, 6.45) is 2.75. The third-order valence-electron chi connectivity index (χ3n) is 6.38. The lowest BCUT2D eigenvalue weighted by atomic mass is 10.1. The Labute approximate surface area is 235 Å². The van der Waals surface area contributed by atoms with E-state index < -0.39 is 28.9 Å². The first kappa shape index (κ1) is 26.4. The minimum atomic E-state index is -0.790. The Morgan fingerprint density at radius 1 is 0.857 bits per heavy atom. The number of nitrogens with zero attached hydrogens (tertiary/aromatic N) is 5. The zero-order valence-electron chi connectivity index (χ0n) is 21.8. The lowest BCUT2D eigenvalue weighted by Gasteiger charge is -2.11. The number of hydrogen-bond acceptors (Lipinski definition) is 6. The molecule has 1 amide bonds. The predicted molar refractivity (Wildman–Crippen MR) is 148 cm³/mol. The van der Waals surface area contributed by atoms with Gasteiger partial charge in [0.25, 0.3) is 11.5 Å². The number of aromatic nitrogens is 5. The Morgan fingerprint density at radius 2 is 1.57 bits per heavy atom. The molecule has 3 heterocycles. The zero-order chi connectivity index (χ0) is 29.4. The van der Waals surface area contributed by atoms with E-state index in [1.54, 1.807) is 29.9 Å². The maximum atomic E-state index is 15.2. The van der Waals surface area contributed by atoms with Crippen molar-refractivity contribution in [1.82, 2.24) is 24.5 Å². The third-order valence-corrected chi connectivity index (χ3v) is 6.38. The average molecular weight is 569 g/mol. The third kappa shape index (κ3) is 4.96. The second kappa shape index (κ2) is 10.7. The highest BCUT2D eigenvalue weighted by molar-refractivity contribution is 6.04. The molecule has 0 spiro atoms. The molecular formula is C30H19F3N6O3. The van der Waals surface area contributed by atoms with Crippen molar-refractivity contribution < 1.29 is 22.7 Å². The van der Waals surface area contributed by atoms with Crippen molar-refractivity contribution in [2.24, 2.45) is 7.05 Å². The van der Waals surface area contributed by atoms with Crippen LogP contribution in [-0.2, 0) is 7.05 Å². The summed E-state index contributed by atoms with van der Waals surface area (Å²) in [5.74, 6) is -2.34. The van der Waals surface area contributed by atoms with E-state index in [9.17, 15) is 18.4 Å². The van der Waals surface area contributed by atoms with E-state index in [1.165, 1.54) is 54.9 Å². The monoisotopic (exact) mass is 568 g/mol. The number of halogens is 3. The highest BCUT2D eigenvalue weighted by Crippen LogP contribution is 2.37. The van der Waals surface area contributed by atoms with Crippen LogP contribution in [0.15, 0.2) is 96.1 Å². The van der Waals surface area contributed by atoms with Crippen molar-refractivity contribution in [1.29, 1.82) is 0 Å². The number of nitrogens with one attached hydrogen (secondary N) is 1. The molecular weight excluding hydrogens is 549 g/mol. The van der Waals surface area contributed by atoms with Gasteiger partial charge in [-0.3, -0.25) is 9.59 Å². The fourth-order valence-corrected chi connectivity index (χ4v) is 4.37. The minimum absolute atomic E-state index is 0.0719. The molecule has 0 saturated heterocycles. The summed E-state index contributed by atoms with van der Waals surface area (Å²) in [5, 5.41) is 11.4. The Bertz CT molecular complexity index is 2020. The standard InChI is InChI=1S/C30H19F3N6O3/c1-38-28-26(27(37-38)17-2-4-18(31)5-3-17)25(13-14-34-28)42-24-11-8-20(16-23(24)33)36-29(40)22-12-15-35-39(30(22)41)21-9-6-19(32)7-10-21/h2-16H,1H3,(H,36,40). The van der Waals surface area contributed by atoms with E-state index in [2.05, 4.69) is 20.5 Å². The molecule has 0 aliphatic rings. The van der Waals surface area contributed by atoms with Gasteiger partial charge in [0.2, 0.25) is 0 Å². The fraction of sp³-hybridized carbons (Fsp3) is 0.0333. The maximum Gasteiger partial charge on any atom is 0.284 e. The van der Waals surface area contributed by atoms with E-state index >= 15 is 4.39 Å². The van der Waals surface area contributed by atoms with Gasteiger partial charge in [-0.25, -0.2) is 22.8 Å². The summed E-state index contributed by atoms with van der Waals surface area (Å²) in [7, 11) is 1.70. The Morgan fingerprint density at radius 3 is 2.29 bits per heavy atom. The maximum absolute atomic E-state index is 15.2. The topological polar surface area (TPSA) is 104 Å². The quantitative estimate of drug-likeness (QED) is 0.279. The van der Waals surface area contributed by atoms with Crippen LogP contribution in [0, 0.1) is 17.5 Å². The number of carbonyl (C=O) groups is 1. The molecule has 0 unspecified atom stereocenters. The van der Waals surface area contributed by atoms with Crippen molar-refractivity contribution >= 4 is 22.6 Å². The van der Waals surface area contributed by atoms with Crippen LogP contribution in [0.25, 0.3) is 28.0 Å². The highest BCUT2D eigenvalue weighted by atomic mass is 19.1. The minimum Gasteiger partial charge on any atom is -0.453 e. The zero-order valence-corrected chi connectivity index (χ0v) is 21.8. The van der Waals surface area contributed by atoms with Crippen LogP contribution >= 0.6 is 0 Å². The smallest absolute Gasteiger partial charge is 0.284 e. The van der Waals surface area contributed by atoms with Gasteiger partial charge in [0.15, 0.2) is 17.2 Å². The summed E-state index contributed by atoms with van der Waals surface area (Å²) < 4.78 is 50.4. The SMILES string of the molecule is Cn1nc(-c2ccc(F)cc2)c2c(Oc3ccc(NC(=O)c4ccnn(-c5ccc(F)cc5)c4=O)cc3F)ccnc21. The predicted octanol–water partition coefficient (Wildman–Crippen LogP) is 5.64. The first-order valence-corrected chi connectivity index (χ1v) is 12.5. The normalized spacial score (nSPS) is 11.0. The number of rotatable bonds is 6. The molecule has 0 radical (unpaired) electrons. The number of hydrogen-bond donors (Lipinski definition) is 1. The van der Waals surface area contributed by atoms with Gasteiger partial charge >= 0.3 is 0 Å². The first-order valence-electron chi connectivity index (χ1n) is 12.5. The number of pyridine rings is 1. The molecule has 208 valence electrons. The Kier molecular flexibility index (Phi) is 6.71. The number of benzene rings is 3. The van der Waals surface area contributed by atoms with Gasteiger partial charge in [0.1, 0.15) is 28.6 Å². The first-order chi connectivity index (χ1) is 20.3. The number of amides is 1. The lowest BCUT2D eigenvalue weighted by molar-refractivity contribution is 0.102. The molecule has 0 atom stereocenters. The molecule has 12 heteroatoms. The van der Waals surface area contributed by atoms with Gasteiger partial charge in [0.05, 0.1) is 11.1 Å². The number of fused-ring (bicyclic) bond motifs is 1.